The van der Waals surface area contributed by atoms with Gasteiger partial charge in [0, 0.05) is 10.0 Å². The van der Waals surface area contributed by atoms with E-state index in [0.29, 0.717) is 5.75 Å². The second-order valence-corrected chi connectivity index (χ2v) is 6.80. The van der Waals surface area contributed by atoms with E-state index in [1.54, 1.807) is 0 Å². The molecule has 0 unspecified atom stereocenters. The minimum atomic E-state index is -0.334. The second-order valence-electron chi connectivity index (χ2n) is 5.88. The average Bonchev–Trinajstić information content (AvgIpc) is 2.74. The van der Waals surface area contributed by atoms with Crippen LogP contribution in [0.3, 0.4) is 0 Å². The van der Waals surface area contributed by atoms with Crippen molar-refractivity contribution in [1.29, 1.82) is 0 Å². The molecule has 0 atom stereocenters. The molecule has 140 valence electrons. The van der Waals surface area contributed by atoms with Gasteiger partial charge in [-0.2, -0.15) is 5.10 Å². The third-order valence-corrected chi connectivity index (χ3v) is 4.25. The monoisotopic (exact) mass is 434 g/mol. The molecule has 0 aliphatic carbocycles. The Kier molecular flexibility index (Phi) is 7.15. The number of allylic oxidation sites excluding steroid dienone is 1. The lowest BCUT2D eigenvalue weighted by Gasteiger charge is -2.10. The molecule has 0 radical (unpaired) electrons. The highest BCUT2D eigenvalue weighted by molar-refractivity contribution is 9.12. The van der Waals surface area contributed by atoms with E-state index in [4.69, 9.17) is 4.74 Å². The van der Waals surface area contributed by atoms with Crippen LogP contribution in [0.5, 0.6) is 5.75 Å². The van der Waals surface area contributed by atoms with Crippen LogP contribution in [0, 0.1) is 0 Å². The predicted molar refractivity (Wildman–Crippen MR) is 117 cm³/mol. The Bertz CT molecular complexity index is 970. The minimum absolute atomic E-state index is 0.124. The van der Waals surface area contributed by atoms with E-state index in [2.05, 4.69) is 26.5 Å². The summed E-state index contributed by atoms with van der Waals surface area (Å²) in [6.45, 7) is -0.124. The highest BCUT2D eigenvalue weighted by atomic mass is 79.9. The van der Waals surface area contributed by atoms with Gasteiger partial charge in [-0.25, -0.2) is 5.43 Å². The molecule has 3 rings (SSSR count). The summed E-state index contributed by atoms with van der Waals surface area (Å²) in [7, 11) is 0. The summed E-state index contributed by atoms with van der Waals surface area (Å²) in [4.78, 5) is 12.0. The van der Waals surface area contributed by atoms with E-state index in [-0.39, 0.29) is 12.5 Å². The number of nitrogens with zero attached hydrogens (tertiary/aromatic N) is 1. The lowest BCUT2D eigenvalue weighted by molar-refractivity contribution is -0.123. The number of benzene rings is 3. The van der Waals surface area contributed by atoms with Crippen LogP contribution in [0.25, 0.3) is 17.2 Å². The maximum absolute atomic E-state index is 12.0. The molecule has 0 saturated heterocycles. The molecule has 0 bridgehead atoms. The first kappa shape index (κ1) is 19.6. The molecule has 0 aliphatic rings. The van der Waals surface area contributed by atoms with Gasteiger partial charge in [-0.1, -0.05) is 78.9 Å². The molecule has 0 fully saturated rings. The van der Waals surface area contributed by atoms with Gasteiger partial charge in [-0.15, -0.1) is 0 Å². The number of amides is 1. The van der Waals surface area contributed by atoms with Crippen molar-refractivity contribution < 1.29 is 9.53 Å². The predicted octanol–water partition coefficient (Wildman–Crippen LogP) is 5.27. The van der Waals surface area contributed by atoms with Gasteiger partial charge >= 0.3 is 0 Å². The number of carbonyl (C=O) groups is 1. The van der Waals surface area contributed by atoms with Crippen LogP contribution in [0.4, 0.5) is 0 Å². The van der Waals surface area contributed by atoms with Crippen molar-refractivity contribution in [2.24, 2.45) is 5.10 Å². The zero-order valence-corrected chi connectivity index (χ0v) is 16.7. The standard InChI is InChI=1S/C23H19BrN2O2/c24-20(15-18-9-3-1-4-10-18)16-25-26-23(27)17-28-22-14-8-7-13-21(22)19-11-5-2-6-12-19/h1-16H,17H2,(H,26,27). The molecular weight excluding hydrogens is 416 g/mol. The quantitative estimate of drug-likeness (QED) is 0.406. The third kappa shape index (κ3) is 5.93. The molecule has 0 spiro atoms. The Morgan fingerprint density at radius 2 is 1.57 bits per heavy atom. The van der Waals surface area contributed by atoms with E-state index >= 15 is 0 Å². The summed E-state index contributed by atoms with van der Waals surface area (Å²) < 4.78 is 6.44. The van der Waals surface area contributed by atoms with Gasteiger partial charge in [0.1, 0.15) is 5.75 Å². The topological polar surface area (TPSA) is 50.7 Å². The lowest BCUT2D eigenvalue weighted by atomic mass is 10.1. The Morgan fingerprint density at radius 3 is 2.32 bits per heavy atom. The molecule has 0 aromatic heterocycles. The van der Waals surface area contributed by atoms with Crippen molar-refractivity contribution in [3.8, 4) is 16.9 Å². The first-order chi connectivity index (χ1) is 13.7. The first-order valence-corrected chi connectivity index (χ1v) is 9.53. The number of hydrogen-bond donors (Lipinski definition) is 1. The molecule has 1 amide bonds. The second kappa shape index (κ2) is 10.2. The maximum atomic E-state index is 12.0. The summed E-state index contributed by atoms with van der Waals surface area (Å²) >= 11 is 3.41. The fourth-order valence-electron chi connectivity index (χ4n) is 2.54. The zero-order chi connectivity index (χ0) is 19.6. The molecule has 3 aromatic carbocycles. The van der Waals surface area contributed by atoms with E-state index < -0.39 is 0 Å². The van der Waals surface area contributed by atoms with Crippen LogP contribution in [0.15, 0.2) is 94.5 Å². The molecular formula is C23H19BrN2O2. The molecule has 3 aromatic rings. The number of hydrogen-bond acceptors (Lipinski definition) is 3. The Balaban J connectivity index is 1.55. The van der Waals surface area contributed by atoms with Crippen LogP contribution >= 0.6 is 15.9 Å². The van der Waals surface area contributed by atoms with Crippen molar-refractivity contribution >= 4 is 34.1 Å². The Hall–Kier alpha value is -3.18. The van der Waals surface area contributed by atoms with Crippen molar-refractivity contribution in [3.63, 3.8) is 0 Å². The zero-order valence-electron chi connectivity index (χ0n) is 15.1. The molecule has 28 heavy (non-hydrogen) atoms. The van der Waals surface area contributed by atoms with Crippen molar-refractivity contribution in [3.05, 3.63) is 95.0 Å². The van der Waals surface area contributed by atoms with Crippen LogP contribution < -0.4 is 10.2 Å². The van der Waals surface area contributed by atoms with Crippen molar-refractivity contribution in [2.75, 3.05) is 6.61 Å². The molecule has 0 aliphatic heterocycles. The van der Waals surface area contributed by atoms with Gasteiger partial charge in [0.05, 0.1) is 6.21 Å². The normalized spacial score (nSPS) is 11.4. The fourth-order valence-corrected chi connectivity index (χ4v) is 2.90. The van der Waals surface area contributed by atoms with Gasteiger partial charge in [0.15, 0.2) is 6.61 Å². The van der Waals surface area contributed by atoms with Crippen LogP contribution in [0.2, 0.25) is 0 Å². The molecule has 1 N–H and O–H groups in total. The number of ether oxygens (including phenoxy) is 1. The maximum Gasteiger partial charge on any atom is 0.277 e. The number of halogens is 1. The average molecular weight is 435 g/mol. The van der Waals surface area contributed by atoms with Crippen molar-refractivity contribution in [2.45, 2.75) is 0 Å². The van der Waals surface area contributed by atoms with Gasteiger partial charge in [-0.3, -0.25) is 4.79 Å². The first-order valence-electron chi connectivity index (χ1n) is 8.74. The SMILES string of the molecule is O=C(COc1ccccc1-c1ccccc1)NN=CC(Br)=Cc1ccccc1. The summed E-state index contributed by atoms with van der Waals surface area (Å²) in [5.74, 6) is 0.317. The number of carbonyl (C=O) groups excluding carboxylic acids is 1. The summed E-state index contributed by atoms with van der Waals surface area (Å²) in [5.41, 5.74) is 5.47. The minimum Gasteiger partial charge on any atom is -0.483 e. The van der Waals surface area contributed by atoms with Crippen LogP contribution in [0.1, 0.15) is 5.56 Å². The summed E-state index contributed by atoms with van der Waals surface area (Å²) in [6, 6.07) is 27.3. The van der Waals surface area contributed by atoms with Gasteiger partial charge in [-0.05, 0) is 39.2 Å². The number of nitrogens with one attached hydrogen (secondary N) is 1. The summed E-state index contributed by atoms with van der Waals surface area (Å²) in [5, 5.41) is 3.94. The highest BCUT2D eigenvalue weighted by Gasteiger charge is 2.07. The Morgan fingerprint density at radius 1 is 0.929 bits per heavy atom. The van der Waals surface area contributed by atoms with E-state index in [1.165, 1.54) is 6.21 Å². The van der Waals surface area contributed by atoms with Crippen LogP contribution in [-0.2, 0) is 4.79 Å². The smallest absolute Gasteiger partial charge is 0.277 e. The molecule has 5 heteroatoms. The van der Waals surface area contributed by atoms with Crippen molar-refractivity contribution in [1.82, 2.24) is 5.43 Å². The lowest BCUT2D eigenvalue weighted by Crippen LogP contribution is -2.24. The fraction of sp³-hybridized carbons (Fsp3) is 0.0435. The van der Waals surface area contributed by atoms with E-state index in [0.717, 1.165) is 21.2 Å². The van der Waals surface area contributed by atoms with Gasteiger partial charge in [0.25, 0.3) is 5.91 Å². The number of hydrazone groups is 1. The van der Waals surface area contributed by atoms with Gasteiger partial charge < -0.3 is 4.74 Å². The van der Waals surface area contributed by atoms with E-state index in [9.17, 15) is 4.79 Å². The number of rotatable bonds is 7. The summed E-state index contributed by atoms with van der Waals surface area (Å²) in [6.07, 6.45) is 3.44. The highest BCUT2D eigenvalue weighted by Crippen LogP contribution is 2.29. The van der Waals surface area contributed by atoms with E-state index in [1.807, 2.05) is 91.0 Å². The third-order valence-electron chi connectivity index (χ3n) is 3.81. The number of para-hydroxylation sites is 1. The molecule has 0 heterocycles. The largest absolute Gasteiger partial charge is 0.483 e. The van der Waals surface area contributed by atoms with Gasteiger partial charge in [0.2, 0.25) is 0 Å². The molecule has 0 saturated carbocycles. The molecule has 4 nitrogen and oxygen atoms in total. The van der Waals surface area contributed by atoms with Crippen LogP contribution in [-0.4, -0.2) is 18.7 Å². The Labute approximate surface area is 172 Å².